The molecule has 30 heavy (non-hydrogen) atoms. The third kappa shape index (κ3) is 4.03. The third-order valence-electron chi connectivity index (χ3n) is 5.78. The second kappa shape index (κ2) is 8.44. The summed E-state index contributed by atoms with van der Waals surface area (Å²) in [5, 5.41) is 15.8. The van der Waals surface area contributed by atoms with Crippen LogP contribution in [-0.2, 0) is 22.4 Å². The molecule has 0 saturated carbocycles. The number of hydrogen-bond acceptors (Lipinski definition) is 4. The minimum absolute atomic E-state index is 0.244. The largest absolute Gasteiger partial charge is 0.481 e. The van der Waals surface area contributed by atoms with Gasteiger partial charge in [0.1, 0.15) is 5.00 Å². The molecule has 6 nitrogen and oxygen atoms in total. The van der Waals surface area contributed by atoms with Crippen LogP contribution in [0.5, 0.6) is 0 Å². The smallest absolute Gasteiger partial charge is 0.307 e. The van der Waals surface area contributed by atoms with Crippen LogP contribution in [0.1, 0.15) is 45.6 Å². The van der Waals surface area contributed by atoms with E-state index in [0.29, 0.717) is 29.1 Å². The van der Waals surface area contributed by atoms with Crippen molar-refractivity contribution in [3.63, 3.8) is 0 Å². The number of nitrogens with one attached hydrogen (secondary N) is 2. The van der Waals surface area contributed by atoms with Gasteiger partial charge in [-0.3, -0.25) is 14.4 Å². The number of hydrogen-bond donors (Lipinski definition) is 3. The Bertz CT molecular complexity index is 1020. The van der Waals surface area contributed by atoms with E-state index in [1.54, 1.807) is 0 Å². The number of thiophene rings is 1. The van der Waals surface area contributed by atoms with Gasteiger partial charge in [0.2, 0.25) is 5.91 Å². The predicted octanol–water partition coefficient (Wildman–Crippen LogP) is 4.40. The number of fused-ring (bicyclic) bond motifs is 1. The number of anilines is 2. The molecule has 0 aliphatic heterocycles. The molecule has 2 amide bonds. The minimum atomic E-state index is -0.967. The number of aryl methyl sites for hydroxylation is 2. The average molecular weight is 425 g/mol. The Labute approximate surface area is 179 Å². The van der Waals surface area contributed by atoms with Crippen molar-refractivity contribution in [1.29, 1.82) is 0 Å². The van der Waals surface area contributed by atoms with Crippen molar-refractivity contribution < 1.29 is 19.5 Å². The molecule has 0 spiro atoms. The summed E-state index contributed by atoms with van der Waals surface area (Å²) >= 11 is 1.43. The molecule has 4 rings (SSSR count). The van der Waals surface area contributed by atoms with Gasteiger partial charge in [0.05, 0.1) is 17.4 Å². The van der Waals surface area contributed by atoms with Gasteiger partial charge in [0, 0.05) is 10.6 Å². The number of carbonyl (C=O) groups is 3. The van der Waals surface area contributed by atoms with E-state index in [2.05, 4.69) is 10.6 Å². The molecule has 3 N–H and O–H groups in total. The normalized spacial score (nSPS) is 19.9. The number of allylic oxidation sites excluding steroid dienone is 2. The first-order valence-corrected chi connectivity index (χ1v) is 11.0. The standard InChI is InChI=1S/C23H24N2O4S/c1-13-9-11-14(12-10-13)24-21(27)19-17-7-4-8-18(17)30-22(19)25-20(26)15-5-2-3-6-16(15)23(28)29/h2-3,9-12,15-16H,4-8H2,1H3,(H,24,27)(H,25,26)(H,28,29)/t15-,16-/m0/s1. The molecular weight excluding hydrogens is 400 g/mol. The number of amides is 2. The van der Waals surface area contributed by atoms with Crippen molar-refractivity contribution in [3.8, 4) is 0 Å². The molecule has 1 aromatic heterocycles. The van der Waals surface area contributed by atoms with E-state index < -0.39 is 17.8 Å². The zero-order valence-electron chi connectivity index (χ0n) is 16.7. The van der Waals surface area contributed by atoms with Gasteiger partial charge in [-0.1, -0.05) is 29.8 Å². The second-order valence-electron chi connectivity index (χ2n) is 7.86. The molecule has 1 aromatic carbocycles. The monoisotopic (exact) mass is 424 g/mol. The lowest BCUT2D eigenvalue weighted by molar-refractivity contribution is -0.146. The van der Waals surface area contributed by atoms with Gasteiger partial charge >= 0.3 is 5.97 Å². The maximum Gasteiger partial charge on any atom is 0.307 e. The number of carbonyl (C=O) groups excluding carboxylic acids is 2. The van der Waals surface area contributed by atoms with Gasteiger partial charge in [-0.05, 0) is 56.7 Å². The summed E-state index contributed by atoms with van der Waals surface area (Å²) in [6.07, 6.45) is 7.08. The van der Waals surface area contributed by atoms with Crippen molar-refractivity contribution in [2.24, 2.45) is 11.8 Å². The summed E-state index contributed by atoms with van der Waals surface area (Å²) in [5.41, 5.74) is 3.31. The summed E-state index contributed by atoms with van der Waals surface area (Å²) in [4.78, 5) is 38.7. The topological polar surface area (TPSA) is 95.5 Å². The van der Waals surface area contributed by atoms with Crippen molar-refractivity contribution in [2.45, 2.75) is 39.0 Å². The van der Waals surface area contributed by atoms with Crippen molar-refractivity contribution >= 4 is 39.8 Å². The van der Waals surface area contributed by atoms with Crippen LogP contribution in [0.4, 0.5) is 10.7 Å². The molecule has 2 aromatic rings. The van der Waals surface area contributed by atoms with E-state index in [-0.39, 0.29) is 11.8 Å². The number of benzene rings is 1. The van der Waals surface area contributed by atoms with E-state index >= 15 is 0 Å². The zero-order valence-corrected chi connectivity index (χ0v) is 17.6. The fraction of sp³-hybridized carbons (Fsp3) is 0.348. The van der Waals surface area contributed by atoms with Crippen LogP contribution in [0.3, 0.4) is 0 Å². The predicted molar refractivity (Wildman–Crippen MR) is 117 cm³/mol. The molecule has 7 heteroatoms. The quantitative estimate of drug-likeness (QED) is 0.620. The maximum atomic E-state index is 13.1. The van der Waals surface area contributed by atoms with E-state index in [1.165, 1.54) is 11.3 Å². The minimum Gasteiger partial charge on any atom is -0.481 e. The Balaban J connectivity index is 1.59. The van der Waals surface area contributed by atoms with Gasteiger partial charge in [-0.15, -0.1) is 11.3 Å². The molecule has 0 saturated heterocycles. The van der Waals surface area contributed by atoms with E-state index in [9.17, 15) is 19.5 Å². The van der Waals surface area contributed by atoms with Gasteiger partial charge in [0.25, 0.3) is 5.91 Å². The fourth-order valence-corrected chi connectivity index (χ4v) is 5.43. The number of carboxylic acid groups (broad SMARTS) is 1. The highest BCUT2D eigenvalue weighted by Crippen LogP contribution is 2.40. The first-order chi connectivity index (χ1) is 14.4. The average Bonchev–Trinajstić information content (AvgIpc) is 3.30. The molecule has 2 aliphatic carbocycles. The molecular formula is C23H24N2O4S. The van der Waals surface area contributed by atoms with E-state index in [4.69, 9.17) is 0 Å². The van der Waals surface area contributed by atoms with E-state index in [1.807, 2.05) is 43.3 Å². The Morgan fingerprint density at radius 1 is 1.00 bits per heavy atom. The van der Waals surface area contributed by atoms with Crippen LogP contribution in [0.15, 0.2) is 36.4 Å². The first-order valence-electron chi connectivity index (χ1n) is 10.1. The van der Waals surface area contributed by atoms with Gasteiger partial charge in [0.15, 0.2) is 0 Å². The SMILES string of the molecule is Cc1ccc(NC(=O)c2c(NC(=O)[C@H]3CC=CC[C@@H]3C(=O)O)sc3c2CCC3)cc1. The first kappa shape index (κ1) is 20.3. The number of carboxylic acids is 1. The van der Waals surface area contributed by atoms with E-state index in [0.717, 1.165) is 35.3 Å². The summed E-state index contributed by atoms with van der Waals surface area (Å²) in [5.74, 6) is -2.93. The van der Waals surface area contributed by atoms with Gasteiger partial charge in [-0.2, -0.15) is 0 Å². The van der Waals surface area contributed by atoms with Crippen LogP contribution < -0.4 is 10.6 Å². The van der Waals surface area contributed by atoms with Crippen LogP contribution in [0.2, 0.25) is 0 Å². The second-order valence-corrected chi connectivity index (χ2v) is 8.97. The Morgan fingerprint density at radius 2 is 1.70 bits per heavy atom. The molecule has 156 valence electrons. The highest BCUT2D eigenvalue weighted by molar-refractivity contribution is 7.17. The Morgan fingerprint density at radius 3 is 2.40 bits per heavy atom. The molecule has 2 atom stereocenters. The molecule has 0 radical (unpaired) electrons. The number of rotatable bonds is 5. The van der Waals surface area contributed by atoms with Crippen LogP contribution >= 0.6 is 11.3 Å². The van der Waals surface area contributed by atoms with Crippen molar-refractivity contribution in [3.05, 3.63) is 58.0 Å². The molecule has 0 bridgehead atoms. The van der Waals surface area contributed by atoms with Crippen LogP contribution in [0.25, 0.3) is 0 Å². The highest BCUT2D eigenvalue weighted by atomic mass is 32.1. The molecule has 0 unspecified atom stereocenters. The number of aliphatic carboxylic acids is 1. The van der Waals surface area contributed by atoms with Gasteiger partial charge < -0.3 is 15.7 Å². The highest BCUT2D eigenvalue weighted by Gasteiger charge is 2.35. The van der Waals surface area contributed by atoms with Crippen molar-refractivity contribution in [2.75, 3.05) is 10.6 Å². The summed E-state index contributed by atoms with van der Waals surface area (Å²) < 4.78 is 0. The van der Waals surface area contributed by atoms with Crippen molar-refractivity contribution in [1.82, 2.24) is 0 Å². The summed E-state index contributed by atoms with van der Waals surface area (Å²) in [7, 11) is 0. The molecule has 2 aliphatic rings. The lowest BCUT2D eigenvalue weighted by Crippen LogP contribution is -2.35. The lowest BCUT2D eigenvalue weighted by Gasteiger charge is -2.24. The zero-order chi connectivity index (χ0) is 21.3. The Kier molecular flexibility index (Phi) is 5.72. The lowest BCUT2D eigenvalue weighted by atomic mass is 9.82. The van der Waals surface area contributed by atoms with Crippen LogP contribution in [-0.4, -0.2) is 22.9 Å². The fourth-order valence-electron chi connectivity index (χ4n) is 4.14. The third-order valence-corrected chi connectivity index (χ3v) is 6.99. The summed E-state index contributed by atoms with van der Waals surface area (Å²) in [6, 6.07) is 7.56. The Hall–Kier alpha value is -2.93. The summed E-state index contributed by atoms with van der Waals surface area (Å²) in [6.45, 7) is 1.98. The van der Waals surface area contributed by atoms with Gasteiger partial charge in [-0.25, -0.2) is 0 Å². The van der Waals surface area contributed by atoms with Crippen LogP contribution in [0, 0.1) is 18.8 Å². The maximum absolute atomic E-state index is 13.1. The molecule has 0 fully saturated rings. The molecule has 1 heterocycles.